The van der Waals surface area contributed by atoms with Gasteiger partial charge in [0.25, 0.3) is 6.47 Å². The summed E-state index contributed by atoms with van der Waals surface area (Å²) in [5, 5.41) is 20.1. The molecule has 0 saturated carbocycles. The number of halogens is 1. The monoisotopic (exact) mass is 304 g/mol. The highest BCUT2D eigenvalue weighted by atomic mass is 19.1. The third-order valence-corrected chi connectivity index (χ3v) is 3.02. The number of carbonyl (C=O) groups excluding carboxylic acids is 1. The molecule has 0 bridgehead atoms. The fourth-order valence-corrected chi connectivity index (χ4v) is 1.93. The quantitative estimate of drug-likeness (QED) is 0.443. The molecule has 1 heterocycles. The fourth-order valence-electron chi connectivity index (χ4n) is 1.93. The summed E-state index contributed by atoms with van der Waals surface area (Å²) in [6.45, 7) is 1.86. The predicted molar refractivity (Wildman–Crippen MR) is 81.0 cm³/mol. The molecule has 0 unspecified atom stereocenters. The van der Waals surface area contributed by atoms with Crippen molar-refractivity contribution < 1.29 is 13.9 Å². The van der Waals surface area contributed by atoms with Crippen LogP contribution in [0.5, 0.6) is 0 Å². The van der Waals surface area contributed by atoms with Gasteiger partial charge in [-0.25, -0.2) is 4.39 Å². The number of benzene rings is 1. The van der Waals surface area contributed by atoms with E-state index in [1.807, 2.05) is 6.08 Å². The number of nitrogens with one attached hydrogen (secondary N) is 2. The minimum Gasteiger partial charge on any atom is -0.471 e. The Bertz CT molecular complexity index is 635. The molecule has 6 nitrogen and oxygen atoms in total. The molecule has 1 aromatic carbocycles. The Balaban J connectivity index is 0.000000541. The van der Waals surface area contributed by atoms with E-state index < -0.39 is 5.82 Å². The number of ether oxygens (including phenoxy) is 1. The summed E-state index contributed by atoms with van der Waals surface area (Å²) in [6, 6.07) is 4.35. The van der Waals surface area contributed by atoms with Crippen LogP contribution in [0.25, 0.3) is 0 Å². The molecule has 22 heavy (non-hydrogen) atoms. The molecule has 0 aromatic heterocycles. The van der Waals surface area contributed by atoms with Crippen molar-refractivity contribution >= 4 is 17.9 Å². The minimum atomic E-state index is -0.651. The summed E-state index contributed by atoms with van der Waals surface area (Å²) in [7, 11) is 1.31. The molecule has 2 rings (SSSR count). The Morgan fingerprint density at radius 2 is 2.27 bits per heavy atom. The first kappa shape index (κ1) is 17.3. The van der Waals surface area contributed by atoms with E-state index >= 15 is 0 Å². The zero-order valence-electron chi connectivity index (χ0n) is 12.1. The molecule has 0 amide bonds. The number of carbonyl (C=O) groups is 1. The molecule has 7 heteroatoms. The van der Waals surface area contributed by atoms with Gasteiger partial charge in [0.05, 0.1) is 18.5 Å². The average Bonchev–Trinajstić information content (AvgIpc) is 2.56. The molecule has 4 N–H and O–H groups in total. The molecule has 0 radical (unpaired) electrons. The fraction of sp³-hybridized carbons (Fsp3) is 0.267. The molecule has 0 atom stereocenters. The highest BCUT2D eigenvalue weighted by Crippen LogP contribution is 2.23. The van der Waals surface area contributed by atoms with Gasteiger partial charge in [0.15, 0.2) is 0 Å². The Hall–Kier alpha value is -2.72. The Labute approximate surface area is 127 Å². The number of hydrogen-bond acceptors (Lipinski definition) is 6. The van der Waals surface area contributed by atoms with Gasteiger partial charge < -0.3 is 15.8 Å². The van der Waals surface area contributed by atoms with Crippen molar-refractivity contribution in [2.45, 2.75) is 6.42 Å². The number of rotatable bonds is 3. The van der Waals surface area contributed by atoms with Crippen LogP contribution >= 0.6 is 0 Å². The second kappa shape index (κ2) is 8.54. The number of anilines is 1. The van der Waals surface area contributed by atoms with E-state index in [2.05, 4.69) is 10.1 Å². The highest BCUT2D eigenvalue weighted by molar-refractivity contribution is 6.14. The van der Waals surface area contributed by atoms with Crippen LogP contribution in [-0.4, -0.2) is 32.4 Å². The summed E-state index contributed by atoms with van der Waals surface area (Å²) in [4.78, 5) is 8.95. The van der Waals surface area contributed by atoms with Gasteiger partial charge in [0.2, 0.25) is 0 Å². The molecule has 0 saturated heterocycles. The Kier molecular flexibility index (Phi) is 6.73. The number of nitrogens with two attached hydrogens (primary N) is 1. The molecule has 1 aliphatic heterocycles. The molecule has 0 aliphatic carbocycles. The van der Waals surface area contributed by atoms with E-state index in [9.17, 15) is 4.39 Å². The summed E-state index contributed by atoms with van der Waals surface area (Å²) in [5.74, 6) is -0.651. The van der Waals surface area contributed by atoms with Crippen molar-refractivity contribution in [3.05, 3.63) is 40.7 Å². The zero-order chi connectivity index (χ0) is 16.5. The normalized spacial score (nSPS) is 13.0. The minimum absolute atomic E-state index is 0.0361. The smallest absolute Gasteiger partial charge is 0.292 e. The molecule has 0 spiro atoms. The van der Waals surface area contributed by atoms with E-state index in [0.29, 0.717) is 18.6 Å². The first-order chi connectivity index (χ1) is 10.6. The van der Waals surface area contributed by atoms with Crippen molar-refractivity contribution in [3.63, 3.8) is 0 Å². The van der Waals surface area contributed by atoms with E-state index in [0.717, 1.165) is 18.5 Å². The van der Waals surface area contributed by atoms with Crippen molar-refractivity contribution in [2.75, 3.05) is 25.9 Å². The lowest BCUT2D eigenvalue weighted by Crippen LogP contribution is -2.26. The third kappa shape index (κ3) is 4.14. The van der Waals surface area contributed by atoms with Crippen LogP contribution in [0.1, 0.15) is 17.5 Å². The van der Waals surface area contributed by atoms with Gasteiger partial charge in [-0.05, 0) is 30.7 Å². The van der Waals surface area contributed by atoms with Crippen molar-refractivity contribution in [3.8, 4) is 6.07 Å². The van der Waals surface area contributed by atoms with E-state index in [4.69, 9.17) is 21.2 Å². The van der Waals surface area contributed by atoms with Gasteiger partial charge in [-0.3, -0.25) is 10.2 Å². The number of nitriles is 1. The average molecular weight is 304 g/mol. The number of hydrogen-bond donors (Lipinski definition) is 3. The van der Waals surface area contributed by atoms with Gasteiger partial charge in [0.1, 0.15) is 17.4 Å². The summed E-state index contributed by atoms with van der Waals surface area (Å²) < 4.78 is 17.2. The van der Waals surface area contributed by atoms with E-state index in [1.165, 1.54) is 19.2 Å². The van der Waals surface area contributed by atoms with Gasteiger partial charge >= 0.3 is 0 Å². The molecular formula is C15H17FN4O2. The maximum absolute atomic E-state index is 13.3. The standard InChI is InChI=1S/C13H13FN4.C2H4O2/c14-11-4-3-9(13(17)10(11)6-15)12(16)8-2-1-5-18-7-8;1-4-2-3/h2-4,16,18H,1,5,7,17H2;2H,1H3. The van der Waals surface area contributed by atoms with E-state index in [-0.39, 0.29) is 17.0 Å². The molecule has 0 fully saturated rings. The first-order valence-corrected chi connectivity index (χ1v) is 6.50. The van der Waals surface area contributed by atoms with Crippen LogP contribution in [0.4, 0.5) is 10.1 Å². The lowest BCUT2D eigenvalue weighted by molar-refractivity contribution is -0.126. The van der Waals surface area contributed by atoms with Crippen molar-refractivity contribution in [1.29, 1.82) is 10.7 Å². The largest absolute Gasteiger partial charge is 0.471 e. The van der Waals surface area contributed by atoms with Crippen LogP contribution < -0.4 is 11.1 Å². The van der Waals surface area contributed by atoms with Crippen molar-refractivity contribution in [2.24, 2.45) is 0 Å². The summed E-state index contributed by atoms with van der Waals surface area (Å²) >= 11 is 0. The van der Waals surface area contributed by atoms with Gasteiger partial charge in [-0.2, -0.15) is 5.26 Å². The lowest BCUT2D eigenvalue weighted by atomic mass is 9.96. The molecule has 1 aliphatic rings. The van der Waals surface area contributed by atoms with E-state index in [1.54, 1.807) is 6.07 Å². The second-order valence-corrected chi connectivity index (χ2v) is 4.40. The van der Waals surface area contributed by atoms with Crippen LogP contribution in [0, 0.1) is 22.6 Å². The molecule has 116 valence electrons. The maximum Gasteiger partial charge on any atom is 0.292 e. The lowest BCUT2D eigenvalue weighted by Gasteiger charge is -2.16. The zero-order valence-corrected chi connectivity index (χ0v) is 12.1. The first-order valence-electron chi connectivity index (χ1n) is 6.50. The van der Waals surface area contributed by atoms with Gasteiger partial charge in [0, 0.05) is 12.1 Å². The van der Waals surface area contributed by atoms with Gasteiger partial charge in [-0.15, -0.1) is 0 Å². The van der Waals surface area contributed by atoms with Crippen LogP contribution in [0.15, 0.2) is 23.8 Å². The SMILES string of the molecule is COC=O.N#Cc1c(F)ccc(C(=N)C2=CCCNC2)c1N. The predicted octanol–water partition coefficient (Wildman–Crippen LogP) is 1.36. The molecular weight excluding hydrogens is 287 g/mol. The number of nitrogen functional groups attached to an aromatic ring is 1. The Morgan fingerprint density at radius 1 is 1.59 bits per heavy atom. The number of nitrogens with zero attached hydrogens (tertiary/aromatic N) is 1. The number of methoxy groups -OCH3 is 1. The highest BCUT2D eigenvalue weighted by Gasteiger charge is 2.17. The summed E-state index contributed by atoms with van der Waals surface area (Å²) in [5.41, 5.74) is 7.07. The molecule has 1 aromatic rings. The third-order valence-electron chi connectivity index (χ3n) is 3.02. The second-order valence-electron chi connectivity index (χ2n) is 4.40. The summed E-state index contributed by atoms with van der Waals surface area (Å²) in [6.07, 6.45) is 2.82. The maximum atomic E-state index is 13.3. The Morgan fingerprint density at radius 3 is 2.77 bits per heavy atom. The van der Waals surface area contributed by atoms with Crippen LogP contribution in [-0.2, 0) is 9.53 Å². The van der Waals surface area contributed by atoms with Crippen molar-refractivity contribution in [1.82, 2.24) is 5.32 Å². The van der Waals surface area contributed by atoms with Crippen LogP contribution in [0.3, 0.4) is 0 Å². The van der Waals surface area contributed by atoms with Gasteiger partial charge in [-0.1, -0.05) is 6.08 Å². The topological polar surface area (TPSA) is 112 Å². The van der Waals surface area contributed by atoms with Crippen LogP contribution in [0.2, 0.25) is 0 Å².